The van der Waals surface area contributed by atoms with Gasteiger partial charge in [0, 0.05) is 30.4 Å². The summed E-state index contributed by atoms with van der Waals surface area (Å²) in [7, 11) is -2.51. The normalized spacial score (nSPS) is 12.9. The second-order valence-corrected chi connectivity index (χ2v) is 10.5. The van der Waals surface area contributed by atoms with Crippen LogP contribution >= 0.6 is 0 Å². The van der Waals surface area contributed by atoms with E-state index >= 15 is 0 Å². The quantitative estimate of drug-likeness (QED) is 0.294. The Hall–Kier alpha value is -3.21. The number of aliphatic hydroxyl groups is 1. The van der Waals surface area contributed by atoms with Gasteiger partial charge in [-0.05, 0) is 38.5 Å². The fraction of sp³-hybridized carbons (Fsp3) is 0.333. The molecule has 2 aromatic carbocycles. The molecule has 0 aliphatic heterocycles. The van der Waals surface area contributed by atoms with E-state index in [1.54, 1.807) is 47.4 Å². The highest BCUT2D eigenvalue weighted by molar-refractivity contribution is 7.91. The van der Waals surface area contributed by atoms with Crippen LogP contribution in [0.4, 0.5) is 5.69 Å². The zero-order valence-corrected chi connectivity index (χ0v) is 20.2. The molecule has 0 spiro atoms. The molecule has 34 heavy (non-hydrogen) atoms. The highest BCUT2D eigenvalue weighted by Crippen LogP contribution is 2.31. The number of aliphatic hydroxyl groups excluding tert-OH is 1. The minimum Gasteiger partial charge on any atom is -0.464 e. The maximum absolute atomic E-state index is 13.0. The lowest BCUT2D eigenvalue weighted by Gasteiger charge is -2.28. The summed E-state index contributed by atoms with van der Waals surface area (Å²) in [5, 5.41) is 14.1. The minimum atomic E-state index is -3.81. The molecular formula is C24H30N4O5S. The van der Waals surface area contributed by atoms with Crippen LogP contribution in [0.1, 0.15) is 42.4 Å². The van der Waals surface area contributed by atoms with E-state index in [1.165, 1.54) is 25.3 Å². The number of nitrogens with two attached hydrogens (primary N) is 1. The van der Waals surface area contributed by atoms with Crippen molar-refractivity contribution >= 4 is 21.5 Å². The lowest BCUT2D eigenvalue weighted by atomic mass is 9.99. The van der Waals surface area contributed by atoms with Crippen LogP contribution in [0, 0.1) is 0 Å². The van der Waals surface area contributed by atoms with Crippen LogP contribution in [0.5, 0.6) is 0 Å². The molecule has 0 saturated heterocycles. The summed E-state index contributed by atoms with van der Waals surface area (Å²) < 4.78 is 32.5. The summed E-state index contributed by atoms with van der Waals surface area (Å²) in [5.41, 5.74) is 6.45. The molecule has 4 N–H and O–H groups in total. The number of hydrogen-bond acceptors (Lipinski definition) is 8. The van der Waals surface area contributed by atoms with Crippen molar-refractivity contribution in [2.45, 2.75) is 48.2 Å². The second kappa shape index (κ2) is 10.4. The van der Waals surface area contributed by atoms with Crippen molar-refractivity contribution in [2.75, 3.05) is 19.4 Å². The van der Waals surface area contributed by atoms with Gasteiger partial charge in [0.25, 0.3) is 0 Å². The number of benzene rings is 2. The number of carbonyl (C=O) groups is 1. The van der Waals surface area contributed by atoms with Crippen molar-refractivity contribution in [3.63, 3.8) is 0 Å². The van der Waals surface area contributed by atoms with Gasteiger partial charge in [0.05, 0.1) is 35.0 Å². The van der Waals surface area contributed by atoms with Gasteiger partial charge in [-0.2, -0.15) is 0 Å². The first-order chi connectivity index (χ1) is 16.0. The second-order valence-electron chi connectivity index (χ2n) is 8.59. The van der Waals surface area contributed by atoms with E-state index in [9.17, 15) is 18.3 Å². The van der Waals surface area contributed by atoms with Gasteiger partial charge in [0.15, 0.2) is 5.69 Å². The number of anilines is 1. The van der Waals surface area contributed by atoms with Gasteiger partial charge in [-0.15, -0.1) is 0 Å². The van der Waals surface area contributed by atoms with Gasteiger partial charge in [-0.25, -0.2) is 18.2 Å². The topological polar surface area (TPSA) is 137 Å². The number of rotatable bonds is 10. The fourth-order valence-corrected chi connectivity index (χ4v) is 4.92. The molecule has 3 rings (SSSR count). The molecule has 1 unspecified atom stereocenters. The smallest absolute Gasteiger partial charge is 0.358 e. The first-order valence-corrected chi connectivity index (χ1v) is 12.2. The summed E-state index contributed by atoms with van der Waals surface area (Å²) in [5.74, 6) is -0.492. The molecular weight excluding hydrogens is 456 g/mol. The number of ether oxygens (including phenoxy) is 1. The third-order valence-electron chi connectivity index (χ3n) is 5.60. The number of β-amino-alcohol motifs (C(OH)–C–C–N with tert-alkyl or cyclic N) is 1. The predicted octanol–water partition coefficient (Wildman–Crippen LogP) is 2.58. The molecule has 0 fully saturated rings. The summed E-state index contributed by atoms with van der Waals surface area (Å²) in [6.07, 6.45) is 2.85. The molecule has 1 atom stereocenters. The van der Waals surface area contributed by atoms with E-state index < -0.39 is 21.9 Å². The van der Waals surface area contributed by atoms with Gasteiger partial charge in [-0.1, -0.05) is 30.3 Å². The molecule has 1 aromatic heterocycles. The van der Waals surface area contributed by atoms with Gasteiger partial charge in [0.2, 0.25) is 9.84 Å². The van der Waals surface area contributed by atoms with Crippen LogP contribution < -0.4 is 11.1 Å². The third-order valence-corrected chi connectivity index (χ3v) is 7.43. The van der Waals surface area contributed by atoms with Crippen LogP contribution in [0.15, 0.2) is 70.8 Å². The molecule has 0 aliphatic carbocycles. The largest absolute Gasteiger partial charge is 0.464 e. The average molecular weight is 487 g/mol. The molecule has 0 saturated carbocycles. The van der Waals surface area contributed by atoms with Crippen molar-refractivity contribution in [1.82, 2.24) is 14.9 Å². The summed E-state index contributed by atoms with van der Waals surface area (Å²) in [6, 6.07) is 12.7. The van der Waals surface area contributed by atoms with Gasteiger partial charge < -0.3 is 25.5 Å². The number of nitrogens with zero attached hydrogens (tertiary/aromatic N) is 2. The van der Waals surface area contributed by atoms with E-state index in [2.05, 4.69) is 15.0 Å². The Bertz CT molecular complexity index is 1240. The number of imidazole rings is 1. The van der Waals surface area contributed by atoms with E-state index in [-0.39, 0.29) is 33.3 Å². The molecule has 3 aromatic rings. The highest BCUT2D eigenvalue weighted by atomic mass is 32.2. The Morgan fingerprint density at radius 3 is 2.59 bits per heavy atom. The highest BCUT2D eigenvalue weighted by Gasteiger charge is 2.25. The van der Waals surface area contributed by atoms with Gasteiger partial charge in [0.1, 0.15) is 0 Å². The van der Waals surface area contributed by atoms with Crippen LogP contribution in [-0.4, -0.2) is 48.2 Å². The number of aromatic nitrogens is 2. The number of nitrogen functional groups attached to an aromatic ring is 1. The maximum atomic E-state index is 13.0. The molecule has 0 radical (unpaired) electrons. The SMILES string of the molecule is COC(=O)c1cn(CCC(C)(C)NCC(O)c2cccc(S(=O)(=O)c3ccccc3)c2N)cn1. The van der Waals surface area contributed by atoms with Crippen LogP contribution in [0.25, 0.3) is 0 Å². The van der Waals surface area contributed by atoms with Crippen LogP contribution in [0.3, 0.4) is 0 Å². The van der Waals surface area contributed by atoms with Crippen LogP contribution in [0.2, 0.25) is 0 Å². The Labute approximate surface area is 199 Å². The van der Waals surface area contributed by atoms with Crippen LogP contribution in [-0.2, 0) is 21.1 Å². The van der Waals surface area contributed by atoms with Crippen molar-refractivity contribution in [1.29, 1.82) is 0 Å². The number of hydrogen-bond donors (Lipinski definition) is 3. The Morgan fingerprint density at radius 2 is 1.91 bits per heavy atom. The van der Waals surface area contributed by atoms with Gasteiger partial charge in [-0.3, -0.25) is 0 Å². The molecule has 9 nitrogen and oxygen atoms in total. The lowest BCUT2D eigenvalue weighted by molar-refractivity contribution is 0.0594. The standard InChI is InChI=1S/C24H30N4O5S/c1-24(2,12-13-28-15-19(26-16-28)23(30)33-3)27-14-20(29)18-10-7-11-21(22(18)25)34(31,32)17-8-5-4-6-9-17/h4-11,15-16,20,27,29H,12-14,25H2,1-3H3. The Morgan fingerprint density at radius 1 is 1.21 bits per heavy atom. The molecule has 0 aliphatic rings. The maximum Gasteiger partial charge on any atom is 0.358 e. The van der Waals surface area contributed by atoms with E-state index in [1.807, 2.05) is 13.8 Å². The van der Waals surface area contributed by atoms with Crippen molar-refractivity contribution in [3.05, 3.63) is 72.3 Å². The minimum absolute atomic E-state index is 0.0315. The number of carbonyl (C=O) groups excluding carboxylic acids is 1. The fourth-order valence-electron chi connectivity index (χ4n) is 3.48. The number of nitrogens with one attached hydrogen (secondary N) is 1. The summed E-state index contributed by atoms with van der Waals surface area (Å²) in [6.45, 7) is 4.73. The van der Waals surface area contributed by atoms with E-state index in [0.717, 1.165) is 0 Å². The van der Waals surface area contributed by atoms with Crippen molar-refractivity contribution in [3.8, 4) is 0 Å². The first-order valence-electron chi connectivity index (χ1n) is 10.8. The van der Waals surface area contributed by atoms with Crippen molar-refractivity contribution in [2.24, 2.45) is 0 Å². The zero-order valence-electron chi connectivity index (χ0n) is 19.4. The van der Waals surface area contributed by atoms with Gasteiger partial charge >= 0.3 is 5.97 Å². The summed E-state index contributed by atoms with van der Waals surface area (Å²) >= 11 is 0. The van der Waals surface area contributed by atoms with E-state index in [0.29, 0.717) is 18.5 Å². The Balaban J connectivity index is 1.66. The first kappa shape index (κ1) is 25.4. The van der Waals surface area contributed by atoms with E-state index in [4.69, 9.17) is 5.73 Å². The zero-order chi connectivity index (χ0) is 24.9. The lowest BCUT2D eigenvalue weighted by Crippen LogP contribution is -2.42. The number of aryl methyl sites for hydroxylation is 1. The molecule has 0 bridgehead atoms. The number of para-hydroxylation sites is 1. The summed E-state index contributed by atoms with van der Waals surface area (Å²) in [4.78, 5) is 15.7. The predicted molar refractivity (Wildman–Crippen MR) is 128 cm³/mol. The molecule has 182 valence electrons. The third kappa shape index (κ3) is 5.82. The number of sulfone groups is 1. The number of methoxy groups -OCH3 is 1. The monoisotopic (exact) mass is 486 g/mol. The number of esters is 1. The molecule has 0 amide bonds. The molecule has 1 heterocycles. The Kier molecular flexibility index (Phi) is 7.75. The molecule has 10 heteroatoms. The average Bonchev–Trinajstić information content (AvgIpc) is 3.31. The van der Waals surface area contributed by atoms with Crippen molar-refractivity contribution < 1.29 is 23.1 Å².